The highest BCUT2D eigenvalue weighted by Crippen LogP contribution is 2.18. The molecule has 2 N–H and O–H groups in total. The number of nitrogens with one attached hydrogen (secondary N) is 1. The van der Waals surface area contributed by atoms with Gasteiger partial charge in [0.1, 0.15) is 5.82 Å². The Morgan fingerprint density at radius 3 is 2.68 bits per heavy atom. The Morgan fingerprint density at radius 1 is 1.26 bits per heavy atom. The molecule has 2 aromatic rings. The molecule has 98 valence electrons. The van der Waals surface area contributed by atoms with Gasteiger partial charge in [0.05, 0.1) is 5.56 Å². The maximum absolute atomic E-state index is 13.2. The lowest BCUT2D eigenvalue weighted by Crippen LogP contribution is -2.06. The van der Waals surface area contributed by atoms with Crippen molar-refractivity contribution in [1.29, 1.82) is 0 Å². The maximum atomic E-state index is 13.2. The molecule has 0 aliphatic carbocycles. The Labute approximate surface area is 114 Å². The predicted molar refractivity (Wildman–Crippen MR) is 72.1 cm³/mol. The number of halogens is 2. The van der Waals surface area contributed by atoms with Gasteiger partial charge in [0.2, 0.25) is 0 Å². The Bertz CT molecular complexity index is 596. The van der Waals surface area contributed by atoms with E-state index in [9.17, 15) is 9.18 Å². The monoisotopic (exact) mass is 279 g/mol. The van der Waals surface area contributed by atoms with Crippen molar-refractivity contribution < 1.29 is 14.3 Å². The quantitative estimate of drug-likeness (QED) is 0.895. The molecule has 0 fully saturated rings. The van der Waals surface area contributed by atoms with Gasteiger partial charge in [0, 0.05) is 17.3 Å². The first kappa shape index (κ1) is 13.4. The minimum absolute atomic E-state index is 0.171. The van der Waals surface area contributed by atoms with Gasteiger partial charge in [-0.05, 0) is 35.9 Å². The van der Waals surface area contributed by atoms with Crippen molar-refractivity contribution in [2.75, 3.05) is 5.32 Å². The number of para-hydroxylation sites is 1. The van der Waals surface area contributed by atoms with Gasteiger partial charge < -0.3 is 10.4 Å². The topological polar surface area (TPSA) is 49.3 Å². The molecule has 0 saturated carbocycles. The van der Waals surface area contributed by atoms with Crippen molar-refractivity contribution in [2.24, 2.45) is 0 Å². The molecule has 19 heavy (non-hydrogen) atoms. The average Bonchev–Trinajstić information content (AvgIpc) is 2.35. The second-order valence-corrected chi connectivity index (χ2v) is 4.42. The fraction of sp³-hybridized carbons (Fsp3) is 0.0714. The number of carboxylic acids is 1. The molecule has 0 spiro atoms. The van der Waals surface area contributed by atoms with Crippen LogP contribution in [0.1, 0.15) is 15.9 Å². The van der Waals surface area contributed by atoms with Crippen LogP contribution in [0.5, 0.6) is 0 Å². The summed E-state index contributed by atoms with van der Waals surface area (Å²) in [6.07, 6.45) is 0. The Morgan fingerprint density at radius 2 is 2.00 bits per heavy atom. The van der Waals surface area contributed by atoms with Gasteiger partial charge in [-0.2, -0.15) is 0 Å². The summed E-state index contributed by atoms with van der Waals surface area (Å²) >= 11 is 5.75. The van der Waals surface area contributed by atoms with Crippen LogP contribution in [0.25, 0.3) is 0 Å². The number of benzene rings is 2. The van der Waals surface area contributed by atoms with E-state index >= 15 is 0 Å². The third-order valence-corrected chi connectivity index (χ3v) is 2.78. The van der Waals surface area contributed by atoms with Crippen LogP contribution in [-0.4, -0.2) is 11.1 Å². The second-order valence-electron chi connectivity index (χ2n) is 3.98. The van der Waals surface area contributed by atoms with Gasteiger partial charge in [-0.25, -0.2) is 9.18 Å². The lowest BCUT2D eigenvalue weighted by Gasteiger charge is -2.09. The molecule has 0 bridgehead atoms. The average molecular weight is 280 g/mol. The van der Waals surface area contributed by atoms with E-state index < -0.39 is 11.8 Å². The van der Waals surface area contributed by atoms with Crippen LogP contribution in [0.4, 0.5) is 10.1 Å². The van der Waals surface area contributed by atoms with E-state index in [0.29, 0.717) is 22.8 Å². The lowest BCUT2D eigenvalue weighted by atomic mass is 10.1. The molecule has 0 aliphatic heterocycles. The van der Waals surface area contributed by atoms with E-state index in [-0.39, 0.29) is 5.56 Å². The number of aromatic carboxylic acids is 1. The van der Waals surface area contributed by atoms with Gasteiger partial charge in [0.25, 0.3) is 0 Å². The van der Waals surface area contributed by atoms with Crippen LogP contribution in [-0.2, 0) is 6.54 Å². The molecule has 2 rings (SSSR count). The van der Waals surface area contributed by atoms with Gasteiger partial charge in [-0.15, -0.1) is 0 Å². The first-order valence-electron chi connectivity index (χ1n) is 5.57. The lowest BCUT2D eigenvalue weighted by molar-refractivity contribution is 0.0698. The summed E-state index contributed by atoms with van der Waals surface area (Å²) in [5.41, 5.74) is 1.30. The van der Waals surface area contributed by atoms with Crippen molar-refractivity contribution in [1.82, 2.24) is 0 Å². The van der Waals surface area contributed by atoms with Gasteiger partial charge >= 0.3 is 5.97 Å². The zero-order valence-electron chi connectivity index (χ0n) is 9.86. The zero-order chi connectivity index (χ0) is 13.8. The van der Waals surface area contributed by atoms with Crippen molar-refractivity contribution in [3.8, 4) is 0 Å². The standard InChI is InChI=1S/C14H11ClFNO2/c15-10-5-9(6-11(16)7-10)8-17-13-4-2-1-3-12(13)14(18)19/h1-7,17H,8H2,(H,18,19). The van der Waals surface area contributed by atoms with Crippen molar-refractivity contribution in [2.45, 2.75) is 6.54 Å². The van der Waals surface area contributed by atoms with E-state index in [1.165, 1.54) is 18.2 Å². The number of hydrogen-bond acceptors (Lipinski definition) is 2. The maximum Gasteiger partial charge on any atom is 0.337 e. The summed E-state index contributed by atoms with van der Waals surface area (Å²) in [5.74, 6) is -1.43. The SMILES string of the molecule is O=C(O)c1ccccc1NCc1cc(F)cc(Cl)c1. The fourth-order valence-electron chi connectivity index (χ4n) is 1.73. The van der Waals surface area contributed by atoms with E-state index in [1.807, 2.05) is 0 Å². The first-order chi connectivity index (χ1) is 9.06. The van der Waals surface area contributed by atoms with E-state index in [4.69, 9.17) is 16.7 Å². The summed E-state index contributed by atoms with van der Waals surface area (Å²) in [7, 11) is 0. The van der Waals surface area contributed by atoms with Crippen LogP contribution < -0.4 is 5.32 Å². The minimum atomic E-state index is -1.01. The Hall–Kier alpha value is -2.07. The van der Waals surface area contributed by atoms with Crippen molar-refractivity contribution in [3.63, 3.8) is 0 Å². The largest absolute Gasteiger partial charge is 0.478 e. The molecule has 0 atom stereocenters. The van der Waals surface area contributed by atoms with Crippen LogP contribution in [0.15, 0.2) is 42.5 Å². The number of hydrogen-bond donors (Lipinski definition) is 2. The molecule has 0 amide bonds. The highest BCUT2D eigenvalue weighted by Gasteiger charge is 2.08. The van der Waals surface area contributed by atoms with E-state index in [2.05, 4.69) is 5.32 Å². The molecule has 0 aromatic heterocycles. The molecule has 0 unspecified atom stereocenters. The Balaban J connectivity index is 2.16. The van der Waals surface area contributed by atoms with Gasteiger partial charge in [-0.1, -0.05) is 23.7 Å². The molecule has 0 heterocycles. The third-order valence-electron chi connectivity index (χ3n) is 2.56. The van der Waals surface area contributed by atoms with Gasteiger partial charge in [0.15, 0.2) is 0 Å². The number of carbonyl (C=O) groups is 1. The smallest absolute Gasteiger partial charge is 0.337 e. The summed E-state index contributed by atoms with van der Waals surface area (Å²) in [6, 6.07) is 10.7. The number of rotatable bonds is 4. The third kappa shape index (κ3) is 3.45. The number of anilines is 1. The van der Waals surface area contributed by atoms with Crippen molar-refractivity contribution >= 4 is 23.3 Å². The molecule has 3 nitrogen and oxygen atoms in total. The first-order valence-corrected chi connectivity index (χ1v) is 5.95. The molecular weight excluding hydrogens is 269 g/mol. The second kappa shape index (κ2) is 5.71. The van der Waals surface area contributed by atoms with Crippen LogP contribution in [0.2, 0.25) is 5.02 Å². The summed E-state index contributed by atoms with van der Waals surface area (Å²) < 4.78 is 13.2. The molecule has 0 saturated heterocycles. The molecule has 0 radical (unpaired) electrons. The van der Waals surface area contributed by atoms with Crippen LogP contribution >= 0.6 is 11.6 Å². The highest BCUT2D eigenvalue weighted by atomic mass is 35.5. The normalized spacial score (nSPS) is 10.2. The molecule has 5 heteroatoms. The summed E-state index contributed by atoms with van der Waals surface area (Å²) in [5, 5.41) is 12.3. The number of carboxylic acid groups (broad SMARTS) is 1. The van der Waals surface area contributed by atoms with Crippen LogP contribution in [0.3, 0.4) is 0 Å². The highest BCUT2D eigenvalue weighted by molar-refractivity contribution is 6.30. The van der Waals surface area contributed by atoms with E-state index in [1.54, 1.807) is 24.3 Å². The van der Waals surface area contributed by atoms with Gasteiger partial charge in [-0.3, -0.25) is 0 Å². The van der Waals surface area contributed by atoms with E-state index in [0.717, 1.165) is 0 Å². The molecular formula is C14H11ClFNO2. The molecule has 2 aromatic carbocycles. The van der Waals surface area contributed by atoms with Crippen molar-refractivity contribution in [3.05, 3.63) is 64.4 Å². The molecule has 0 aliphatic rings. The summed E-state index contributed by atoms with van der Waals surface area (Å²) in [6.45, 7) is 0.293. The van der Waals surface area contributed by atoms with Crippen LogP contribution in [0, 0.1) is 5.82 Å². The summed E-state index contributed by atoms with van der Waals surface area (Å²) in [4.78, 5) is 11.0. The predicted octanol–water partition coefficient (Wildman–Crippen LogP) is 3.79. The minimum Gasteiger partial charge on any atom is -0.478 e. The Kier molecular flexibility index (Phi) is 4.02. The fourth-order valence-corrected chi connectivity index (χ4v) is 1.98. The zero-order valence-corrected chi connectivity index (χ0v) is 10.6.